The van der Waals surface area contributed by atoms with Gasteiger partial charge in [-0.3, -0.25) is 0 Å². The van der Waals surface area contributed by atoms with Crippen LogP contribution in [0.5, 0.6) is 0 Å². The Kier molecular flexibility index (Phi) is 11.6. The molecule has 12 aromatic carbocycles. The number of benzene rings is 12. The smallest absolute Gasteiger partial charge is 0.148 e. The fourth-order valence-electron chi connectivity index (χ4n) is 10.9. The molecule has 1 heterocycles. The van der Waals surface area contributed by atoms with Crippen molar-refractivity contribution in [1.82, 2.24) is 0 Å². The topological polar surface area (TPSA) is 9.72 Å². The zero-order chi connectivity index (χ0) is 50.2. The standard InChI is InChI=1S/C70H47F2N3/c71-63-45-52(48-23-8-1-9-24-48)43-61(50-27-12-3-13-28-50)69(63)73(54-31-16-5-17-32-54)57-39-40-58-59-41-42-65(60-37-22-38-66(68(59)60)74(67(58)47-57)55-33-18-6-19-34-55)75(56-35-20-7-21-36-56)70-62(51-29-14-4-15-30-51)44-53(46-64(70)72)49-25-10-2-11-26-49/h1-47H. The van der Waals surface area contributed by atoms with Crippen LogP contribution in [0.4, 0.5) is 60.0 Å². The van der Waals surface area contributed by atoms with Crippen molar-refractivity contribution in [3.8, 4) is 55.6 Å². The number of hydrogen-bond donors (Lipinski definition) is 0. The van der Waals surface area contributed by atoms with Gasteiger partial charge in [0.05, 0.1) is 28.4 Å². The first-order valence-electron chi connectivity index (χ1n) is 25.2. The number of fused-ring (bicyclic) bond motifs is 2. The lowest BCUT2D eigenvalue weighted by molar-refractivity contribution is 0.629. The molecule has 0 saturated carbocycles. The molecule has 0 radical (unpaired) electrons. The van der Waals surface area contributed by atoms with Gasteiger partial charge < -0.3 is 14.7 Å². The van der Waals surface area contributed by atoms with Crippen LogP contribution in [0.3, 0.4) is 0 Å². The molecule has 75 heavy (non-hydrogen) atoms. The third-order valence-corrected chi connectivity index (χ3v) is 14.2. The fraction of sp³-hybridized carbons (Fsp3) is 0. The second-order valence-corrected chi connectivity index (χ2v) is 18.7. The summed E-state index contributed by atoms with van der Waals surface area (Å²) in [5.74, 6) is -0.684. The van der Waals surface area contributed by atoms with Gasteiger partial charge in [0.25, 0.3) is 0 Å². The molecule has 1 aliphatic rings. The Morgan fingerprint density at radius 2 is 0.720 bits per heavy atom. The first kappa shape index (κ1) is 45.1. The molecule has 0 N–H and O–H groups in total. The average Bonchev–Trinajstić information content (AvgIpc) is 3.48. The SMILES string of the molecule is Fc1cc(-c2ccccc2)cc(-c2ccccc2)c1N(c1ccccc1)c1ccc2c(c1)N(c1ccccc1)c1cccc3c(N(c4ccccc4)c4c(F)cc(-c5ccccc5)cc4-c4ccccc4)ccc-2c13. The first-order valence-corrected chi connectivity index (χ1v) is 25.2. The van der Waals surface area contributed by atoms with Crippen molar-refractivity contribution >= 4 is 62.0 Å². The van der Waals surface area contributed by atoms with E-state index in [9.17, 15) is 0 Å². The summed E-state index contributed by atoms with van der Waals surface area (Å²) < 4.78 is 35.4. The first-order chi connectivity index (χ1) is 37.1. The molecule has 0 unspecified atom stereocenters. The Morgan fingerprint density at radius 3 is 1.24 bits per heavy atom. The number of halogens is 2. The summed E-state index contributed by atoms with van der Waals surface area (Å²) in [6.45, 7) is 0. The number of nitrogens with zero attached hydrogens (tertiary/aromatic N) is 3. The highest BCUT2D eigenvalue weighted by molar-refractivity contribution is 6.18. The van der Waals surface area contributed by atoms with Crippen molar-refractivity contribution in [2.75, 3.05) is 14.7 Å². The molecular weight excluding hydrogens is 921 g/mol. The molecule has 0 fully saturated rings. The lowest BCUT2D eigenvalue weighted by Gasteiger charge is -2.37. The van der Waals surface area contributed by atoms with Crippen LogP contribution in [-0.4, -0.2) is 0 Å². The fourth-order valence-corrected chi connectivity index (χ4v) is 10.9. The van der Waals surface area contributed by atoms with Crippen LogP contribution < -0.4 is 14.7 Å². The van der Waals surface area contributed by atoms with Crippen LogP contribution in [-0.2, 0) is 0 Å². The Bertz CT molecular complexity index is 4010. The molecule has 0 spiro atoms. The summed E-state index contributed by atoms with van der Waals surface area (Å²) >= 11 is 0. The van der Waals surface area contributed by atoms with E-state index in [1.807, 2.05) is 188 Å². The lowest BCUT2D eigenvalue weighted by atomic mass is 9.88. The number of para-hydroxylation sites is 3. The molecule has 3 nitrogen and oxygen atoms in total. The van der Waals surface area contributed by atoms with Crippen LogP contribution in [0.1, 0.15) is 0 Å². The van der Waals surface area contributed by atoms with Gasteiger partial charge in [-0.25, -0.2) is 8.78 Å². The molecule has 0 amide bonds. The minimum absolute atomic E-state index is 0.340. The zero-order valence-corrected chi connectivity index (χ0v) is 40.7. The van der Waals surface area contributed by atoms with Gasteiger partial charge in [-0.1, -0.05) is 200 Å². The predicted molar refractivity (Wildman–Crippen MR) is 309 cm³/mol. The van der Waals surface area contributed by atoms with Gasteiger partial charge in [0.15, 0.2) is 0 Å². The Balaban J connectivity index is 1.04. The van der Waals surface area contributed by atoms with E-state index in [0.29, 0.717) is 11.4 Å². The van der Waals surface area contributed by atoms with Gasteiger partial charge in [-0.05, 0) is 124 Å². The molecule has 0 aromatic heterocycles. The van der Waals surface area contributed by atoms with Gasteiger partial charge in [-0.15, -0.1) is 0 Å². The highest BCUT2D eigenvalue weighted by Crippen LogP contribution is 2.56. The van der Waals surface area contributed by atoms with E-state index in [2.05, 4.69) is 99.6 Å². The molecule has 0 atom stereocenters. The molecule has 0 bridgehead atoms. The average molecular weight is 968 g/mol. The monoisotopic (exact) mass is 967 g/mol. The summed E-state index contributed by atoms with van der Waals surface area (Å²) in [4.78, 5) is 6.45. The van der Waals surface area contributed by atoms with E-state index in [1.54, 1.807) is 12.1 Å². The van der Waals surface area contributed by atoms with Crippen LogP contribution in [0.15, 0.2) is 285 Å². The molecule has 0 saturated heterocycles. The molecule has 1 aliphatic heterocycles. The minimum Gasteiger partial charge on any atom is -0.309 e. The second-order valence-electron chi connectivity index (χ2n) is 18.7. The van der Waals surface area contributed by atoms with Crippen LogP contribution in [0.2, 0.25) is 0 Å². The van der Waals surface area contributed by atoms with Gasteiger partial charge >= 0.3 is 0 Å². The Morgan fingerprint density at radius 1 is 0.280 bits per heavy atom. The molecule has 12 aromatic rings. The number of anilines is 9. The quantitative estimate of drug-likeness (QED) is 0.128. The van der Waals surface area contributed by atoms with E-state index in [1.165, 1.54) is 0 Å². The maximum Gasteiger partial charge on any atom is 0.148 e. The van der Waals surface area contributed by atoms with E-state index in [-0.39, 0.29) is 11.6 Å². The van der Waals surface area contributed by atoms with Gasteiger partial charge in [0.2, 0.25) is 0 Å². The van der Waals surface area contributed by atoms with E-state index < -0.39 is 0 Å². The van der Waals surface area contributed by atoms with Crippen LogP contribution in [0, 0.1) is 11.6 Å². The van der Waals surface area contributed by atoms with Crippen molar-refractivity contribution < 1.29 is 8.78 Å². The highest BCUT2D eigenvalue weighted by atomic mass is 19.1. The van der Waals surface area contributed by atoms with Crippen LogP contribution >= 0.6 is 0 Å². The van der Waals surface area contributed by atoms with E-state index in [0.717, 1.165) is 106 Å². The molecule has 0 aliphatic carbocycles. The number of rotatable bonds is 11. The summed E-state index contributed by atoms with van der Waals surface area (Å²) in [7, 11) is 0. The Hall–Kier alpha value is -9.84. The summed E-state index contributed by atoms with van der Waals surface area (Å²) in [5.41, 5.74) is 15.8. The summed E-state index contributed by atoms with van der Waals surface area (Å²) in [6, 6.07) is 95.4. The summed E-state index contributed by atoms with van der Waals surface area (Å²) in [5, 5.41) is 1.98. The maximum absolute atomic E-state index is 17.7. The van der Waals surface area contributed by atoms with E-state index >= 15 is 8.78 Å². The normalized spacial score (nSPS) is 11.6. The van der Waals surface area contributed by atoms with Crippen molar-refractivity contribution in [2.24, 2.45) is 0 Å². The van der Waals surface area contributed by atoms with Crippen LogP contribution in [0.25, 0.3) is 66.4 Å². The van der Waals surface area contributed by atoms with E-state index in [4.69, 9.17) is 0 Å². The lowest BCUT2D eigenvalue weighted by Crippen LogP contribution is -2.18. The minimum atomic E-state index is -0.344. The number of hydrogen-bond acceptors (Lipinski definition) is 3. The van der Waals surface area contributed by atoms with Gasteiger partial charge in [-0.2, -0.15) is 0 Å². The van der Waals surface area contributed by atoms with Gasteiger partial charge in [0, 0.05) is 50.2 Å². The van der Waals surface area contributed by atoms with Crippen molar-refractivity contribution in [3.05, 3.63) is 297 Å². The highest BCUT2D eigenvalue weighted by Gasteiger charge is 2.32. The summed E-state index contributed by atoms with van der Waals surface area (Å²) in [6.07, 6.45) is 0. The largest absolute Gasteiger partial charge is 0.309 e. The zero-order valence-electron chi connectivity index (χ0n) is 40.7. The van der Waals surface area contributed by atoms with Gasteiger partial charge in [0.1, 0.15) is 11.6 Å². The van der Waals surface area contributed by atoms with Crippen molar-refractivity contribution in [1.29, 1.82) is 0 Å². The molecular formula is C70H47F2N3. The van der Waals surface area contributed by atoms with Crippen molar-refractivity contribution in [3.63, 3.8) is 0 Å². The third-order valence-electron chi connectivity index (χ3n) is 14.2. The second kappa shape index (κ2) is 19.3. The third kappa shape index (κ3) is 8.17. The molecule has 13 rings (SSSR count). The molecule has 356 valence electrons. The molecule has 5 heteroatoms. The maximum atomic E-state index is 17.7. The Labute approximate surface area is 435 Å². The van der Waals surface area contributed by atoms with Crippen molar-refractivity contribution in [2.45, 2.75) is 0 Å². The predicted octanol–water partition coefficient (Wildman–Crippen LogP) is 20.2.